The topological polar surface area (TPSA) is 91.0 Å². The third-order valence-corrected chi connectivity index (χ3v) is 3.30. The van der Waals surface area contributed by atoms with Crippen LogP contribution >= 0.6 is 0 Å². The largest absolute Gasteiger partial charge is 0.370 e. The summed E-state index contributed by atoms with van der Waals surface area (Å²) in [5.74, 6) is 0.972. The maximum Gasteiger partial charge on any atom is 0.326 e. The van der Waals surface area contributed by atoms with Gasteiger partial charge in [0, 0.05) is 24.0 Å². The summed E-state index contributed by atoms with van der Waals surface area (Å²) in [4.78, 5) is 20.6. The number of rotatable bonds is 7. The van der Waals surface area contributed by atoms with E-state index in [-0.39, 0.29) is 12.0 Å². The first-order valence-corrected chi connectivity index (χ1v) is 7.95. The Hall–Kier alpha value is -2.67. The van der Waals surface area contributed by atoms with E-state index in [0.717, 1.165) is 36.5 Å². The van der Waals surface area contributed by atoms with Crippen molar-refractivity contribution in [3.05, 3.63) is 41.6 Å². The van der Waals surface area contributed by atoms with E-state index in [2.05, 4.69) is 31.2 Å². The smallest absolute Gasteiger partial charge is 0.326 e. The molecule has 0 atom stereocenters. The van der Waals surface area contributed by atoms with Gasteiger partial charge in [0.1, 0.15) is 5.82 Å². The maximum atomic E-state index is 12.1. The monoisotopic (exact) mass is 328 g/mol. The van der Waals surface area contributed by atoms with Crippen LogP contribution in [0.15, 0.2) is 30.3 Å². The molecule has 4 N–H and O–H groups in total. The minimum Gasteiger partial charge on any atom is -0.370 e. The first-order valence-electron chi connectivity index (χ1n) is 7.95. The summed E-state index contributed by atoms with van der Waals surface area (Å²) in [7, 11) is 1.92. The highest BCUT2D eigenvalue weighted by Crippen LogP contribution is 2.12. The van der Waals surface area contributed by atoms with Crippen LogP contribution in [0, 0.1) is 13.8 Å². The quantitative estimate of drug-likeness (QED) is 0.587. The molecule has 7 heteroatoms. The highest BCUT2D eigenvalue weighted by Gasteiger charge is 2.07. The highest BCUT2D eigenvalue weighted by atomic mass is 16.2. The molecule has 2 rings (SSSR count). The van der Waals surface area contributed by atoms with Gasteiger partial charge in [-0.15, -0.1) is 0 Å². The Labute approximate surface area is 142 Å². The van der Waals surface area contributed by atoms with Gasteiger partial charge in [-0.2, -0.15) is 4.98 Å². The number of urea groups is 1. The number of benzene rings is 1. The SMILES string of the molecule is CNCCCNc1cc(C)nc(NC(=O)Nc2ccc(C)cc2)n1. The number of hydrogen-bond acceptors (Lipinski definition) is 5. The lowest BCUT2D eigenvalue weighted by Gasteiger charge is -2.10. The van der Waals surface area contributed by atoms with Gasteiger partial charge >= 0.3 is 6.03 Å². The molecule has 0 aliphatic carbocycles. The maximum absolute atomic E-state index is 12.1. The van der Waals surface area contributed by atoms with E-state index in [4.69, 9.17) is 0 Å². The first-order chi connectivity index (χ1) is 11.6. The Bertz CT molecular complexity index is 671. The molecule has 2 aromatic rings. The van der Waals surface area contributed by atoms with Crippen LogP contribution in [0.25, 0.3) is 0 Å². The van der Waals surface area contributed by atoms with E-state index in [0.29, 0.717) is 5.82 Å². The summed E-state index contributed by atoms with van der Waals surface area (Å²) in [6.45, 7) is 5.59. The Morgan fingerprint density at radius 2 is 1.79 bits per heavy atom. The van der Waals surface area contributed by atoms with Gasteiger partial charge in [-0.25, -0.2) is 9.78 Å². The molecule has 0 radical (unpaired) electrons. The van der Waals surface area contributed by atoms with Crippen molar-refractivity contribution in [2.24, 2.45) is 0 Å². The minimum atomic E-state index is -0.370. The summed E-state index contributed by atoms with van der Waals surface area (Å²) in [5, 5.41) is 11.7. The Balaban J connectivity index is 1.94. The normalized spacial score (nSPS) is 10.3. The van der Waals surface area contributed by atoms with Crippen molar-refractivity contribution < 1.29 is 4.79 Å². The van der Waals surface area contributed by atoms with Crippen LogP contribution in [-0.2, 0) is 0 Å². The molecule has 0 fully saturated rings. The van der Waals surface area contributed by atoms with Crippen LogP contribution in [0.4, 0.5) is 22.2 Å². The van der Waals surface area contributed by atoms with Gasteiger partial charge in [0.05, 0.1) is 0 Å². The summed E-state index contributed by atoms with van der Waals surface area (Å²) in [5.41, 5.74) is 2.64. The van der Waals surface area contributed by atoms with E-state index < -0.39 is 0 Å². The second-order valence-electron chi connectivity index (χ2n) is 5.55. The molecule has 24 heavy (non-hydrogen) atoms. The summed E-state index contributed by atoms with van der Waals surface area (Å²) in [6, 6.07) is 9.05. The molecular weight excluding hydrogens is 304 g/mol. The fourth-order valence-electron chi connectivity index (χ4n) is 2.10. The Morgan fingerprint density at radius 1 is 1.04 bits per heavy atom. The number of aromatic nitrogens is 2. The van der Waals surface area contributed by atoms with Gasteiger partial charge in [-0.1, -0.05) is 17.7 Å². The van der Waals surface area contributed by atoms with Crippen LogP contribution < -0.4 is 21.3 Å². The van der Waals surface area contributed by atoms with Gasteiger partial charge in [0.25, 0.3) is 0 Å². The van der Waals surface area contributed by atoms with Gasteiger partial charge in [-0.3, -0.25) is 5.32 Å². The number of carbonyl (C=O) groups excluding carboxylic acids is 1. The molecule has 0 unspecified atom stereocenters. The molecule has 0 aliphatic heterocycles. The zero-order chi connectivity index (χ0) is 17.4. The molecule has 1 aromatic carbocycles. The Kier molecular flexibility index (Phi) is 6.51. The van der Waals surface area contributed by atoms with E-state index >= 15 is 0 Å². The van der Waals surface area contributed by atoms with Crippen molar-refractivity contribution in [2.75, 3.05) is 36.1 Å². The van der Waals surface area contributed by atoms with Crippen LogP contribution in [0.3, 0.4) is 0 Å². The van der Waals surface area contributed by atoms with Crippen molar-refractivity contribution in [2.45, 2.75) is 20.3 Å². The lowest BCUT2D eigenvalue weighted by Crippen LogP contribution is -2.21. The van der Waals surface area contributed by atoms with E-state index in [9.17, 15) is 4.79 Å². The number of carbonyl (C=O) groups is 1. The third kappa shape index (κ3) is 5.85. The zero-order valence-corrected chi connectivity index (χ0v) is 14.3. The van der Waals surface area contributed by atoms with E-state index in [1.165, 1.54) is 0 Å². The molecule has 128 valence electrons. The molecule has 1 aromatic heterocycles. The van der Waals surface area contributed by atoms with Crippen molar-refractivity contribution in [1.82, 2.24) is 15.3 Å². The number of nitrogens with zero attached hydrogens (tertiary/aromatic N) is 2. The molecule has 0 bridgehead atoms. The van der Waals surface area contributed by atoms with E-state index in [1.807, 2.05) is 51.2 Å². The lowest BCUT2D eigenvalue weighted by atomic mass is 10.2. The van der Waals surface area contributed by atoms with Crippen LogP contribution in [0.5, 0.6) is 0 Å². The first kappa shape index (κ1) is 17.7. The summed E-state index contributed by atoms with van der Waals surface area (Å²) in [6.07, 6.45) is 0.982. The van der Waals surface area contributed by atoms with Crippen LogP contribution in [-0.4, -0.2) is 36.1 Å². The molecule has 2 amide bonds. The van der Waals surface area contributed by atoms with Crippen molar-refractivity contribution in [3.8, 4) is 0 Å². The lowest BCUT2D eigenvalue weighted by molar-refractivity contribution is 0.262. The van der Waals surface area contributed by atoms with Crippen LogP contribution in [0.1, 0.15) is 17.7 Å². The summed E-state index contributed by atoms with van der Waals surface area (Å²) >= 11 is 0. The second kappa shape index (κ2) is 8.83. The van der Waals surface area contributed by atoms with Crippen LogP contribution in [0.2, 0.25) is 0 Å². The van der Waals surface area contributed by atoms with Crippen molar-refractivity contribution >= 4 is 23.5 Å². The number of nitrogens with one attached hydrogen (secondary N) is 4. The average molecular weight is 328 g/mol. The number of anilines is 3. The average Bonchev–Trinajstić information content (AvgIpc) is 2.53. The fourth-order valence-corrected chi connectivity index (χ4v) is 2.10. The minimum absolute atomic E-state index is 0.274. The molecule has 0 aliphatic rings. The third-order valence-electron chi connectivity index (χ3n) is 3.30. The van der Waals surface area contributed by atoms with Gasteiger partial charge in [-0.05, 0) is 46.0 Å². The van der Waals surface area contributed by atoms with Crippen molar-refractivity contribution in [3.63, 3.8) is 0 Å². The van der Waals surface area contributed by atoms with Crippen molar-refractivity contribution in [1.29, 1.82) is 0 Å². The predicted molar refractivity (Wildman–Crippen MR) is 97.6 cm³/mol. The van der Waals surface area contributed by atoms with Gasteiger partial charge < -0.3 is 16.0 Å². The second-order valence-corrected chi connectivity index (χ2v) is 5.55. The molecular formula is C17H24N6O. The number of hydrogen-bond donors (Lipinski definition) is 4. The fraction of sp³-hybridized carbons (Fsp3) is 0.353. The van der Waals surface area contributed by atoms with Gasteiger partial charge in [0.2, 0.25) is 5.95 Å². The molecule has 7 nitrogen and oxygen atoms in total. The summed E-state index contributed by atoms with van der Waals surface area (Å²) < 4.78 is 0. The predicted octanol–water partition coefficient (Wildman–Crippen LogP) is 2.76. The van der Waals surface area contributed by atoms with E-state index in [1.54, 1.807) is 0 Å². The van der Waals surface area contributed by atoms with Gasteiger partial charge in [0.15, 0.2) is 0 Å². The molecule has 0 saturated heterocycles. The molecule has 0 spiro atoms. The standard InChI is InChI=1S/C17H24N6O/c1-12-5-7-14(8-6-12)21-17(24)23-16-20-13(2)11-15(22-16)19-10-4-9-18-3/h5-8,11,18H,4,9-10H2,1-3H3,(H3,19,20,21,22,23,24). The number of aryl methyl sites for hydroxylation is 2. The highest BCUT2D eigenvalue weighted by molar-refractivity contribution is 5.98. The zero-order valence-electron chi connectivity index (χ0n) is 14.3. The molecule has 1 heterocycles. The number of amides is 2. The Morgan fingerprint density at radius 3 is 2.50 bits per heavy atom. The molecule has 0 saturated carbocycles.